The molecule has 0 aliphatic rings. The number of nitrogens with zero attached hydrogens (tertiary/aromatic N) is 1. The zero-order chi connectivity index (χ0) is 16.1. The molecular weight excluding hydrogens is 308 g/mol. The fourth-order valence-corrected chi connectivity index (χ4v) is 2.89. The van der Waals surface area contributed by atoms with Crippen LogP contribution in [-0.2, 0) is 10.5 Å². The van der Waals surface area contributed by atoms with Gasteiger partial charge in [0.1, 0.15) is 11.5 Å². The van der Waals surface area contributed by atoms with Gasteiger partial charge in [0.25, 0.3) is 0 Å². The van der Waals surface area contributed by atoms with Crippen molar-refractivity contribution < 1.29 is 9.32 Å². The minimum Gasteiger partial charge on any atom is -0.360 e. The van der Waals surface area contributed by atoms with Gasteiger partial charge in [0, 0.05) is 29.1 Å². The van der Waals surface area contributed by atoms with E-state index in [0.29, 0.717) is 5.75 Å². The predicted octanol–water partition coefficient (Wildman–Crippen LogP) is 4.59. The van der Waals surface area contributed by atoms with Crippen molar-refractivity contribution in [2.45, 2.75) is 17.6 Å². The largest absolute Gasteiger partial charge is 0.360 e. The smallest absolute Gasteiger partial charge is 0.221 e. The summed E-state index contributed by atoms with van der Waals surface area (Å²) in [5, 5.41) is 6.86. The molecule has 5 heteroatoms. The van der Waals surface area contributed by atoms with Crippen LogP contribution in [0.5, 0.6) is 0 Å². The molecule has 23 heavy (non-hydrogen) atoms. The van der Waals surface area contributed by atoms with E-state index in [-0.39, 0.29) is 5.91 Å². The van der Waals surface area contributed by atoms with Crippen LogP contribution in [0.1, 0.15) is 12.7 Å². The van der Waals surface area contributed by atoms with Crippen LogP contribution >= 0.6 is 11.8 Å². The average molecular weight is 324 g/mol. The minimum absolute atomic E-state index is 0.0690. The zero-order valence-electron chi connectivity index (χ0n) is 12.7. The lowest BCUT2D eigenvalue weighted by Crippen LogP contribution is -2.05. The lowest BCUT2D eigenvalue weighted by atomic mass is 10.1. The zero-order valence-corrected chi connectivity index (χ0v) is 13.5. The first-order valence-corrected chi connectivity index (χ1v) is 8.21. The molecule has 0 bridgehead atoms. The van der Waals surface area contributed by atoms with Crippen LogP contribution in [0, 0.1) is 0 Å². The molecule has 0 spiro atoms. The molecule has 0 saturated carbocycles. The summed E-state index contributed by atoms with van der Waals surface area (Å²) < 4.78 is 5.39. The van der Waals surface area contributed by atoms with Gasteiger partial charge in [-0.1, -0.05) is 35.5 Å². The van der Waals surface area contributed by atoms with E-state index in [1.54, 1.807) is 11.8 Å². The summed E-state index contributed by atoms with van der Waals surface area (Å²) in [7, 11) is 0. The van der Waals surface area contributed by atoms with Gasteiger partial charge in [-0.2, -0.15) is 0 Å². The van der Waals surface area contributed by atoms with Crippen LogP contribution in [0.15, 0.2) is 70.1 Å². The van der Waals surface area contributed by atoms with Crippen LogP contribution in [0.4, 0.5) is 5.69 Å². The van der Waals surface area contributed by atoms with E-state index in [9.17, 15) is 4.79 Å². The van der Waals surface area contributed by atoms with Crippen molar-refractivity contribution in [3.63, 3.8) is 0 Å². The quantitative estimate of drug-likeness (QED) is 0.697. The molecule has 0 aliphatic carbocycles. The summed E-state index contributed by atoms with van der Waals surface area (Å²) in [6.07, 6.45) is 0. The average Bonchev–Trinajstić information content (AvgIpc) is 3.04. The fraction of sp³-hybridized carbons (Fsp3) is 0.111. The Bertz CT molecular complexity index is 782. The van der Waals surface area contributed by atoms with Gasteiger partial charge in [-0.3, -0.25) is 4.79 Å². The number of thioether (sulfide) groups is 1. The second-order valence-corrected chi connectivity index (χ2v) is 6.09. The summed E-state index contributed by atoms with van der Waals surface area (Å²) in [6, 6.07) is 19.7. The monoisotopic (exact) mass is 324 g/mol. The van der Waals surface area contributed by atoms with Gasteiger partial charge in [-0.25, -0.2) is 0 Å². The van der Waals surface area contributed by atoms with Crippen LogP contribution in [0.3, 0.4) is 0 Å². The Morgan fingerprint density at radius 3 is 2.57 bits per heavy atom. The summed E-state index contributed by atoms with van der Waals surface area (Å²) in [5.41, 5.74) is 2.70. The van der Waals surface area contributed by atoms with Gasteiger partial charge in [0.05, 0.1) is 5.75 Å². The third-order valence-electron chi connectivity index (χ3n) is 3.18. The van der Waals surface area contributed by atoms with Gasteiger partial charge in [-0.05, 0) is 24.3 Å². The molecular formula is C18H16N2O2S. The summed E-state index contributed by atoms with van der Waals surface area (Å²) >= 11 is 1.66. The third kappa shape index (κ3) is 4.23. The topological polar surface area (TPSA) is 55.1 Å². The van der Waals surface area contributed by atoms with Crippen molar-refractivity contribution in [3.05, 3.63) is 66.4 Å². The molecule has 1 amide bonds. The summed E-state index contributed by atoms with van der Waals surface area (Å²) in [5.74, 6) is 1.47. The van der Waals surface area contributed by atoms with E-state index in [0.717, 1.165) is 27.6 Å². The minimum atomic E-state index is -0.0690. The molecule has 3 rings (SSSR count). The van der Waals surface area contributed by atoms with Crippen molar-refractivity contribution in [3.8, 4) is 11.3 Å². The maximum atomic E-state index is 11.0. The highest BCUT2D eigenvalue weighted by molar-refractivity contribution is 7.98. The summed E-state index contributed by atoms with van der Waals surface area (Å²) in [6.45, 7) is 1.50. The van der Waals surface area contributed by atoms with E-state index < -0.39 is 0 Å². The molecule has 0 saturated heterocycles. The lowest BCUT2D eigenvalue weighted by Gasteiger charge is -2.03. The Hall–Kier alpha value is -2.53. The van der Waals surface area contributed by atoms with Crippen molar-refractivity contribution in [1.82, 2.24) is 5.16 Å². The molecule has 0 fully saturated rings. The Balaban J connectivity index is 1.60. The number of anilines is 1. The number of amides is 1. The van der Waals surface area contributed by atoms with Crippen LogP contribution in [0.25, 0.3) is 11.3 Å². The molecule has 1 aromatic heterocycles. The Labute approximate surface area is 138 Å². The number of nitrogens with one attached hydrogen (secondary N) is 1. The molecule has 0 atom stereocenters. The molecule has 3 aromatic rings. The Kier molecular flexibility index (Phi) is 4.78. The van der Waals surface area contributed by atoms with E-state index >= 15 is 0 Å². The van der Waals surface area contributed by atoms with Crippen molar-refractivity contribution in [2.75, 3.05) is 5.32 Å². The highest BCUT2D eigenvalue weighted by Gasteiger charge is 2.07. The molecule has 1 heterocycles. The van der Waals surface area contributed by atoms with Gasteiger partial charge in [-0.15, -0.1) is 11.8 Å². The normalized spacial score (nSPS) is 10.5. The molecule has 1 N–H and O–H groups in total. The first-order valence-electron chi connectivity index (χ1n) is 7.22. The number of hydrogen-bond acceptors (Lipinski definition) is 4. The predicted molar refractivity (Wildman–Crippen MR) is 92.2 cm³/mol. The Morgan fingerprint density at radius 2 is 1.87 bits per heavy atom. The van der Waals surface area contributed by atoms with E-state index in [1.807, 2.05) is 60.7 Å². The summed E-state index contributed by atoms with van der Waals surface area (Å²) in [4.78, 5) is 12.1. The van der Waals surface area contributed by atoms with Crippen molar-refractivity contribution in [1.29, 1.82) is 0 Å². The van der Waals surface area contributed by atoms with Crippen LogP contribution in [-0.4, -0.2) is 11.1 Å². The second-order valence-electron chi connectivity index (χ2n) is 5.04. The van der Waals surface area contributed by atoms with E-state index in [4.69, 9.17) is 4.52 Å². The molecule has 4 nitrogen and oxygen atoms in total. The SMILES string of the molecule is CC(=O)Nc1ccc(SCc2cc(-c3ccccc3)no2)cc1. The van der Waals surface area contributed by atoms with Gasteiger partial charge >= 0.3 is 0 Å². The maximum absolute atomic E-state index is 11.0. The second kappa shape index (κ2) is 7.15. The molecule has 0 unspecified atom stereocenters. The number of hydrogen-bond donors (Lipinski definition) is 1. The first-order chi connectivity index (χ1) is 11.2. The van der Waals surface area contributed by atoms with Gasteiger partial charge < -0.3 is 9.84 Å². The molecule has 2 aromatic carbocycles. The molecule has 0 aliphatic heterocycles. The molecule has 116 valence electrons. The Morgan fingerprint density at radius 1 is 1.13 bits per heavy atom. The lowest BCUT2D eigenvalue weighted by molar-refractivity contribution is -0.114. The van der Waals surface area contributed by atoms with Crippen LogP contribution in [0.2, 0.25) is 0 Å². The first kappa shape index (κ1) is 15.4. The molecule has 0 radical (unpaired) electrons. The highest BCUT2D eigenvalue weighted by atomic mass is 32.2. The maximum Gasteiger partial charge on any atom is 0.221 e. The number of carbonyl (C=O) groups is 1. The van der Waals surface area contributed by atoms with Crippen molar-refractivity contribution in [2.24, 2.45) is 0 Å². The fourth-order valence-electron chi connectivity index (χ4n) is 2.12. The third-order valence-corrected chi connectivity index (χ3v) is 4.22. The number of benzene rings is 2. The number of aromatic nitrogens is 1. The number of carbonyl (C=O) groups excluding carboxylic acids is 1. The standard InChI is InChI=1S/C18H16N2O2S/c1-13(21)19-15-7-9-17(10-8-15)23-12-16-11-18(20-22-16)14-5-3-2-4-6-14/h2-11H,12H2,1H3,(H,19,21). The number of rotatable bonds is 5. The van der Waals surface area contributed by atoms with Crippen molar-refractivity contribution >= 4 is 23.4 Å². The van der Waals surface area contributed by atoms with E-state index in [1.165, 1.54) is 6.92 Å². The van der Waals surface area contributed by atoms with Crippen LogP contribution < -0.4 is 5.32 Å². The van der Waals surface area contributed by atoms with E-state index in [2.05, 4.69) is 10.5 Å². The highest BCUT2D eigenvalue weighted by Crippen LogP contribution is 2.26. The van der Waals surface area contributed by atoms with Gasteiger partial charge in [0.15, 0.2) is 0 Å². The van der Waals surface area contributed by atoms with Gasteiger partial charge in [0.2, 0.25) is 5.91 Å².